The van der Waals surface area contributed by atoms with Crippen LogP contribution in [0.1, 0.15) is 0 Å². The zero-order valence-electron chi connectivity index (χ0n) is 26.1. The molecule has 0 saturated carbocycles. The van der Waals surface area contributed by atoms with Gasteiger partial charge in [-0.1, -0.05) is 121 Å². The number of nitrogens with zero attached hydrogens (tertiary/aromatic N) is 2. The van der Waals surface area contributed by atoms with Crippen LogP contribution < -0.4 is 0 Å². The minimum atomic E-state index is 1.18. The van der Waals surface area contributed by atoms with Crippen LogP contribution >= 0.6 is 0 Å². The SMILES string of the molecule is c1ccc(-c2cccc(-n3c4cccc5c4c4c6c(ccc43)ccc3c6c4c-5cccc4n3-c3cccc(-c4ccccc4)c3)c2)cc1. The lowest BCUT2D eigenvalue weighted by molar-refractivity contribution is 1.18. The van der Waals surface area contributed by atoms with Crippen molar-refractivity contribution >= 4 is 54.4 Å². The molecule has 2 heteroatoms. The number of hydrogen-bond donors (Lipinski definition) is 0. The zero-order valence-corrected chi connectivity index (χ0v) is 26.1. The first-order chi connectivity index (χ1) is 23.8. The van der Waals surface area contributed by atoms with Gasteiger partial charge < -0.3 is 9.13 Å². The van der Waals surface area contributed by atoms with E-state index in [2.05, 4.69) is 179 Å². The van der Waals surface area contributed by atoms with Crippen molar-refractivity contribution in [3.05, 3.63) is 170 Å². The van der Waals surface area contributed by atoms with Crippen molar-refractivity contribution in [3.8, 4) is 44.8 Å². The van der Waals surface area contributed by atoms with Crippen molar-refractivity contribution in [1.82, 2.24) is 9.13 Å². The molecule has 2 heterocycles. The van der Waals surface area contributed by atoms with Gasteiger partial charge >= 0.3 is 0 Å². The predicted octanol–water partition coefficient (Wildman–Crippen LogP) is 12.3. The Morgan fingerprint density at radius 3 is 1.17 bits per heavy atom. The van der Waals surface area contributed by atoms with Gasteiger partial charge in [0.1, 0.15) is 0 Å². The third-order valence-corrected chi connectivity index (χ3v) is 10.4. The maximum Gasteiger partial charge on any atom is 0.0548 e. The fourth-order valence-electron chi connectivity index (χ4n) is 8.43. The van der Waals surface area contributed by atoms with Crippen molar-refractivity contribution in [3.63, 3.8) is 0 Å². The Kier molecular flexibility index (Phi) is 5.14. The highest BCUT2D eigenvalue weighted by Gasteiger charge is 2.27. The maximum absolute atomic E-state index is 2.48. The molecule has 0 atom stereocenters. The molecule has 0 unspecified atom stereocenters. The Morgan fingerprint density at radius 2 is 0.688 bits per heavy atom. The highest BCUT2D eigenvalue weighted by molar-refractivity contribution is 6.38. The van der Waals surface area contributed by atoms with Gasteiger partial charge in [-0.3, -0.25) is 0 Å². The summed E-state index contributed by atoms with van der Waals surface area (Å²) >= 11 is 0. The Bertz CT molecular complexity index is 2730. The van der Waals surface area contributed by atoms with E-state index in [4.69, 9.17) is 0 Å². The predicted molar refractivity (Wildman–Crippen MR) is 202 cm³/mol. The third-order valence-electron chi connectivity index (χ3n) is 10.4. The van der Waals surface area contributed by atoms with Crippen LogP contribution in [-0.2, 0) is 0 Å². The molecule has 0 fully saturated rings. The molecule has 48 heavy (non-hydrogen) atoms. The molecule has 0 N–H and O–H groups in total. The highest BCUT2D eigenvalue weighted by atomic mass is 15.0. The van der Waals surface area contributed by atoms with Crippen LogP contribution in [0.3, 0.4) is 0 Å². The van der Waals surface area contributed by atoms with Crippen molar-refractivity contribution in [2.75, 3.05) is 0 Å². The standard InChI is InChI=1S/C46H28N2/c1-3-11-29(12-4-1)32-15-7-17-34(27-32)47-38-21-9-19-36-37-20-10-22-39-44(37)46-41(26-24-31-23-25-40(47)45(42(31)46)43(36)38)48(39)35-18-8-16-33(28-35)30-13-5-2-6-14-30/h1-28H. The number of fused-ring (bicyclic) bond motifs is 1. The third kappa shape index (κ3) is 3.41. The van der Waals surface area contributed by atoms with Crippen LogP contribution in [-0.4, -0.2) is 9.13 Å². The van der Waals surface area contributed by atoms with E-state index in [0.717, 1.165) is 0 Å². The largest absolute Gasteiger partial charge is 0.309 e. The van der Waals surface area contributed by atoms with Gasteiger partial charge in [0, 0.05) is 38.3 Å². The first-order valence-corrected chi connectivity index (χ1v) is 16.6. The van der Waals surface area contributed by atoms with Gasteiger partial charge in [0.2, 0.25) is 0 Å². The molecule has 0 radical (unpaired) electrons. The van der Waals surface area contributed by atoms with Gasteiger partial charge in [-0.05, 0) is 87.3 Å². The van der Waals surface area contributed by atoms with Gasteiger partial charge in [0.05, 0.1) is 22.1 Å². The van der Waals surface area contributed by atoms with E-state index >= 15 is 0 Å². The summed E-state index contributed by atoms with van der Waals surface area (Å²) in [7, 11) is 0. The fourth-order valence-corrected chi connectivity index (χ4v) is 8.43. The second-order valence-corrected chi connectivity index (χ2v) is 12.9. The topological polar surface area (TPSA) is 9.86 Å². The number of benzene rings is 8. The van der Waals surface area contributed by atoms with Crippen LogP contribution in [0.5, 0.6) is 0 Å². The lowest BCUT2D eigenvalue weighted by Crippen LogP contribution is -1.95. The van der Waals surface area contributed by atoms with Crippen molar-refractivity contribution in [1.29, 1.82) is 0 Å². The van der Waals surface area contributed by atoms with Gasteiger partial charge in [0.25, 0.3) is 0 Å². The summed E-state index contributed by atoms with van der Waals surface area (Å²) in [5, 5.41) is 7.95. The van der Waals surface area contributed by atoms with Crippen LogP contribution in [0.15, 0.2) is 170 Å². The monoisotopic (exact) mass is 608 g/mol. The lowest BCUT2D eigenvalue weighted by Gasteiger charge is -2.12. The molecule has 0 aliphatic heterocycles. The van der Waals surface area contributed by atoms with Gasteiger partial charge in [-0.15, -0.1) is 0 Å². The summed E-state index contributed by atoms with van der Waals surface area (Å²) in [5.41, 5.74) is 14.8. The van der Waals surface area contributed by atoms with Crippen LogP contribution in [0, 0.1) is 0 Å². The molecular formula is C46H28N2. The summed E-state index contributed by atoms with van der Waals surface area (Å²) in [6, 6.07) is 62.3. The van der Waals surface area contributed by atoms with Crippen molar-refractivity contribution in [2.24, 2.45) is 0 Å². The summed E-state index contributed by atoms with van der Waals surface area (Å²) in [4.78, 5) is 0. The normalized spacial score (nSPS) is 12.2. The number of aromatic nitrogens is 2. The van der Waals surface area contributed by atoms with Crippen molar-refractivity contribution < 1.29 is 0 Å². The molecule has 0 spiro atoms. The fraction of sp³-hybridized carbons (Fsp3) is 0. The summed E-state index contributed by atoms with van der Waals surface area (Å²) in [5.74, 6) is 0. The molecule has 8 aromatic carbocycles. The van der Waals surface area contributed by atoms with Crippen LogP contribution in [0.4, 0.5) is 0 Å². The zero-order chi connectivity index (χ0) is 31.3. The van der Waals surface area contributed by atoms with Gasteiger partial charge in [0.15, 0.2) is 0 Å². The molecule has 10 aromatic rings. The van der Waals surface area contributed by atoms with E-state index in [9.17, 15) is 0 Å². The smallest absolute Gasteiger partial charge is 0.0548 e. The average Bonchev–Trinajstić information content (AvgIpc) is 3.64. The van der Waals surface area contributed by atoms with Gasteiger partial charge in [-0.25, -0.2) is 0 Å². The minimum absolute atomic E-state index is 1.18. The Hall–Kier alpha value is -6.38. The summed E-state index contributed by atoms with van der Waals surface area (Å²) in [6.07, 6.45) is 0. The summed E-state index contributed by atoms with van der Waals surface area (Å²) < 4.78 is 4.95. The first kappa shape index (κ1) is 25.8. The number of hydrogen-bond acceptors (Lipinski definition) is 0. The van der Waals surface area contributed by atoms with Crippen molar-refractivity contribution in [2.45, 2.75) is 0 Å². The highest BCUT2D eigenvalue weighted by Crippen LogP contribution is 2.51. The van der Waals surface area contributed by atoms with E-state index in [0.29, 0.717) is 0 Å². The summed E-state index contributed by atoms with van der Waals surface area (Å²) in [6.45, 7) is 0. The Labute approximate surface area is 277 Å². The quantitative estimate of drug-likeness (QED) is 0.188. The molecule has 0 amide bonds. The van der Waals surface area contributed by atoms with E-state index < -0.39 is 0 Å². The average molecular weight is 609 g/mol. The molecule has 2 aromatic heterocycles. The van der Waals surface area contributed by atoms with Gasteiger partial charge in [-0.2, -0.15) is 0 Å². The molecule has 1 aliphatic rings. The second kappa shape index (κ2) is 9.57. The molecule has 0 saturated heterocycles. The molecular weight excluding hydrogens is 581 g/mol. The van der Waals surface area contributed by atoms with E-state index in [1.165, 1.54) is 99.1 Å². The molecule has 222 valence electrons. The molecule has 0 bridgehead atoms. The van der Waals surface area contributed by atoms with E-state index in [-0.39, 0.29) is 0 Å². The molecule has 1 aliphatic carbocycles. The second-order valence-electron chi connectivity index (χ2n) is 12.9. The van der Waals surface area contributed by atoms with E-state index in [1.807, 2.05) is 0 Å². The van der Waals surface area contributed by atoms with Crippen LogP contribution in [0.25, 0.3) is 99.1 Å². The Morgan fingerprint density at radius 1 is 0.271 bits per heavy atom. The molecule has 2 nitrogen and oxygen atoms in total. The maximum atomic E-state index is 2.48. The molecule has 11 rings (SSSR count). The Balaban J connectivity index is 1.27. The number of rotatable bonds is 4. The van der Waals surface area contributed by atoms with Crippen LogP contribution in [0.2, 0.25) is 0 Å². The lowest BCUT2D eigenvalue weighted by atomic mass is 9.98. The first-order valence-electron chi connectivity index (χ1n) is 16.6. The van der Waals surface area contributed by atoms with E-state index in [1.54, 1.807) is 0 Å². The minimum Gasteiger partial charge on any atom is -0.309 e.